The monoisotopic (exact) mass is 266 g/mol. The first-order chi connectivity index (χ1) is 9.03. The Morgan fingerprint density at radius 1 is 1.00 bits per heavy atom. The number of rotatable bonds is 3. The van der Waals surface area contributed by atoms with Gasteiger partial charge in [-0.05, 0) is 39.5 Å². The number of nitrogens with one attached hydrogen (secondary N) is 1. The number of hydrogen-bond donors (Lipinski definition) is 1. The second-order valence-electron chi connectivity index (χ2n) is 7.43. The van der Waals surface area contributed by atoms with Crippen LogP contribution in [0.2, 0.25) is 0 Å². The fourth-order valence-corrected chi connectivity index (χ4v) is 4.02. The van der Waals surface area contributed by atoms with Gasteiger partial charge in [0.25, 0.3) is 0 Å². The smallest absolute Gasteiger partial charge is 0.0304 e. The van der Waals surface area contributed by atoms with Crippen molar-refractivity contribution < 1.29 is 0 Å². The van der Waals surface area contributed by atoms with Crippen LogP contribution in [0.4, 0.5) is 0 Å². The van der Waals surface area contributed by atoms with E-state index < -0.39 is 0 Å². The summed E-state index contributed by atoms with van der Waals surface area (Å²) in [7, 11) is 0. The molecule has 0 spiro atoms. The number of piperazine rings is 1. The molecule has 1 aliphatic carbocycles. The normalized spacial score (nSPS) is 29.1. The van der Waals surface area contributed by atoms with Crippen molar-refractivity contribution in [2.45, 2.75) is 96.2 Å². The van der Waals surface area contributed by atoms with Gasteiger partial charge in [0.2, 0.25) is 0 Å². The molecule has 0 aromatic rings. The summed E-state index contributed by atoms with van der Waals surface area (Å²) in [5.74, 6) is 0. The van der Waals surface area contributed by atoms with Crippen molar-refractivity contribution in [3.8, 4) is 0 Å². The molecule has 0 amide bonds. The van der Waals surface area contributed by atoms with E-state index in [-0.39, 0.29) is 0 Å². The van der Waals surface area contributed by atoms with E-state index in [9.17, 15) is 0 Å². The van der Waals surface area contributed by atoms with Gasteiger partial charge < -0.3 is 5.32 Å². The summed E-state index contributed by atoms with van der Waals surface area (Å²) < 4.78 is 0. The Morgan fingerprint density at radius 3 is 2.11 bits per heavy atom. The molecule has 19 heavy (non-hydrogen) atoms. The van der Waals surface area contributed by atoms with Crippen LogP contribution in [0.1, 0.15) is 79.1 Å². The molecule has 2 fully saturated rings. The largest absolute Gasteiger partial charge is 0.308 e. The van der Waals surface area contributed by atoms with Crippen LogP contribution in [0.15, 0.2) is 0 Å². The van der Waals surface area contributed by atoms with Crippen molar-refractivity contribution in [3.63, 3.8) is 0 Å². The first kappa shape index (κ1) is 15.3. The topological polar surface area (TPSA) is 15.3 Å². The van der Waals surface area contributed by atoms with Crippen molar-refractivity contribution in [3.05, 3.63) is 0 Å². The van der Waals surface area contributed by atoms with Crippen molar-refractivity contribution in [1.29, 1.82) is 0 Å². The predicted molar refractivity (Wildman–Crippen MR) is 83.6 cm³/mol. The molecule has 1 N–H and O–H groups in total. The van der Waals surface area contributed by atoms with E-state index >= 15 is 0 Å². The summed E-state index contributed by atoms with van der Waals surface area (Å²) in [5, 5.41) is 3.87. The average Bonchev–Trinajstić information content (AvgIpc) is 2.68. The third-order valence-corrected chi connectivity index (χ3v) is 5.77. The summed E-state index contributed by atoms with van der Waals surface area (Å²) in [6.07, 6.45) is 11.1. The first-order valence-corrected chi connectivity index (χ1v) is 8.55. The molecule has 1 heterocycles. The Bertz CT molecular complexity index is 273. The van der Waals surface area contributed by atoms with Crippen LogP contribution in [0.25, 0.3) is 0 Å². The minimum Gasteiger partial charge on any atom is -0.308 e. The number of nitrogens with zero attached hydrogens (tertiary/aromatic N) is 1. The summed E-state index contributed by atoms with van der Waals surface area (Å²) in [6.45, 7) is 11.9. The Morgan fingerprint density at radius 2 is 1.58 bits per heavy atom. The lowest BCUT2D eigenvalue weighted by molar-refractivity contribution is -0.0152. The molecule has 0 radical (unpaired) electrons. The lowest BCUT2D eigenvalue weighted by atomic mass is 9.83. The van der Waals surface area contributed by atoms with Gasteiger partial charge in [0, 0.05) is 30.2 Å². The molecule has 2 rings (SSSR count). The van der Waals surface area contributed by atoms with Gasteiger partial charge >= 0.3 is 0 Å². The Kier molecular flexibility index (Phi) is 4.94. The summed E-state index contributed by atoms with van der Waals surface area (Å²) in [6, 6.07) is 0.831. The maximum Gasteiger partial charge on any atom is 0.0304 e. The molecule has 1 aliphatic heterocycles. The van der Waals surface area contributed by atoms with Crippen molar-refractivity contribution in [1.82, 2.24) is 10.2 Å². The molecule has 1 saturated carbocycles. The van der Waals surface area contributed by atoms with Gasteiger partial charge in [-0.15, -0.1) is 0 Å². The molecule has 0 bridgehead atoms. The zero-order valence-corrected chi connectivity index (χ0v) is 13.6. The van der Waals surface area contributed by atoms with Gasteiger partial charge in [0.05, 0.1) is 0 Å². The highest BCUT2D eigenvalue weighted by molar-refractivity contribution is 5.02. The van der Waals surface area contributed by atoms with E-state index in [0.29, 0.717) is 11.1 Å². The maximum absolute atomic E-state index is 3.87. The number of hydrogen-bond acceptors (Lipinski definition) is 2. The fraction of sp³-hybridized carbons (Fsp3) is 1.00. The second kappa shape index (κ2) is 6.13. The van der Waals surface area contributed by atoms with Crippen LogP contribution in [0.3, 0.4) is 0 Å². The molecule has 2 nitrogen and oxygen atoms in total. The molecule has 2 aliphatic rings. The lowest BCUT2D eigenvalue weighted by Gasteiger charge is -2.54. The Labute approximate surface area is 120 Å². The van der Waals surface area contributed by atoms with Crippen LogP contribution in [-0.2, 0) is 0 Å². The fourth-order valence-electron chi connectivity index (χ4n) is 4.02. The van der Waals surface area contributed by atoms with E-state index in [2.05, 4.69) is 37.9 Å². The quantitative estimate of drug-likeness (QED) is 0.778. The van der Waals surface area contributed by atoms with Gasteiger partial charge in [-0.2, -0.15) is 0 Å². The summed E-state index contributed by atoms with van der Waals surface area (Å²) in [4.78, 5) is 2.86. The van der Waals surface area contributed by atoms with Crippen LogP contribution >= 0.6 is 0 Å². The lowest BCUT2D eigenvalue weighted by Crippen LogP contribution is -2.69. The molecule has 112 valence electrons. The highest BCUT2D eigenvalue weighted by Gasteiger charge is 2.43. The van der Waals surface area contributed by atoms with Crippen LogP contribution in [-0.4, -0.2) is 35.1 Å². The van der Waals surface area contributed by atoms with Crippen LogP contribution in [0, 0.1) is 0 Å². The standard InChI is InChI=1S/C17H34N2/c1-5-17(6-2)14-19(16(3,4)13-18-17)15-11-9-7-8-10-12-15/h15,18H,5-14H2,1-4H3. The van der Waals surface area contributed by atoms with E-state index in [4.69, 9.17) is 0 Å². The maximum atomic E-state index is 3.87. The van der Waals surface area contributed by atoms with Gasteiger partial charge in [-0.1, -0.05) is 39.5 Å². The van der Waals surface area contributed by atoms with E-state index in [1.54, 1.807) is 0 Å². The van der Waals surface area contributed by atoms with Crippen LogP contribution < -0.4 is 5.32 Å². The van der Waals surface area contributed by atoms with E-state index in [0.717, 1.165) is 12.6 Å². The SMILES string of the molecule is CCC1(CC)CN(C2CCCCCC2)C(C)(C)CN1. The average molecular weight is 266 g/mol. The molecular weight excluding hydrogens is 232 g/mol. The van der Waals surface area contributed by atoms with Gasteiger partial charge in [0.15, 0.2) is 0 Å². The predicted octanol–water partition coefficient (Wildman–Crippen LogP) is 3.95. The zero-order valence-electron chi connectivity index (χ0n) is 13.6. The molecular formula is C17H34N2. The zero-order chi connectivity index (χ0) is 13.9. The summed E-state index contributed by atoms with van der Waals surface area (Å²) in [5.41, 5.74) is 0.685. The second-order valence-corrected chi connectivity index (χ2v) is 7.43. The minimum atomic E-state index is 0.322. The molecule has 0 atom stereocenters. The minimum absolute atomic E-state index is 0.322. The molecule has 1 saturated heterocycles. The summed E-state index contributed by atoms with van der Waals surface area (Å²) >= 11 is 0. The molecule has 0 aromatic heterocycles. The molecule has 0 unspecified atom stereocenters. The Hall–Kier alpha value is -0.0800. The van der Waals surface area contributed by atoms with E-state index in [1.165, 1.54) is 57.9 Å². The van der Waals surface area contributed by atoms with E-state index in [1.807, 2.05) is 0 Å². The van der Waals surface area contributed by atoms with Gasteiger partial charge in [0.1, 0.15) is 0 Å². The first-order valence-electron chi connectivity index (χ1n) is 8.55. The van der Waals surface area contributed by atoms with Crippen molar-refractivity contribution >= 4 is 0 Å². The van der Waals surface area contributed by atoms with Crippen molar-refractivity contribution in [2.75, 3.05) is 13.1 Å². The van der Waals surface area contributed by atoms with Gasteiger partial charge in [-0.25, -0.2) is 0 Å². The molecule has 2 heteroatoms. The third-order valence-electron chi connectivity index (χ3n) is 5.77. The van der Waals surface area contributed by atoms with Crippen molar-refractivity contribution in [2.24, 2.45) is 0 Å². The third kappa shape index (κ3) is 3.33. The highest BCUT2D eigenvalue weighted by Crippen LogP contribution is 2.34. The molecule has 0 aromatic carbocycles. The highest BCUT2D eigenvalue weighted by atomic mass is 15.3. The van der Waals surface area contributed by atoms with Crippen LogP contribution in [0.5, 0.6) is 0 Å². The van der Waals surface area contributed by atoms with Gasteiger partial charge in [-0.3, -0.25) is 4.90 Å². The Balaban J connectivity index is 2.13.